The van der Waals surface area contributed by atoms with Gasteiger partial charge in [0.15, 0.2) is 0 Å². The molecule has 1 N–H and O–H groups in total. The number of rotatable bonds is 5. The Balaban J connectivity index is 1.46. The average molecular weight is 366 g/mol. The molecule has 2 heterocycles. The van der Waals surface area contributed by atoms with E-state index >= 15 is 0 Å². The van der Waals surface area contributed by atoms with E-state index in [0.717, 1.165) is 18.5 Å². The maximum Gasteiger partial charge on any atom is 0.317 e. The lowest BCUT2D eigenvalue weighted by Crippen LogP contribution is -2.45. The summed E-state index contributed by atoms with van der Waals surface area (Å²) in [7, 11) is 1.80. The smallest absolute Gasteiger partial charge is 0.317 e. The molecule has 1 fully saturated rings. The molecule has 2 aromatic rings. The minimum Gasteiger partial charge on any atom is -0.336 e. The van der Waals surface area contributed by atoms with Crippen molar-refractivity contribution >= 4 is 11.9 Å². The van der Waals surface area contributed by atoms with Crippen LogP contribution in [0.15, 0.2) is 48.7 Å². The van der Waals surface area contributed by atoms with E-state index in [9.17, 15) is 9.59 Å². The summed E-state index contributed by atoms with van der Waals surface area (Å²) in [4.78, 5) is 32.6. The number of aromatic nitrogens is 1. The fourth-order valence-electron chi connectivity index (χ4n) is 3.17. The van der Waals surface area contributed by atoms with Crippen LogP contribution < -0.4 is 5.32 Å². The van der Waals surface area contributed by atoms with Crippen molar-refractivity contribution in [3.63, 3.8) is 0 Å². The van der Waals surface area contributed by atoms with Gasteiger partial charge in [0.25, 0.3) is 5.91 Å². The first-order chi connectivity index (χ1) is 13.0. The van der Waals surface area contributed by atoms with Crippen LogP contribution in [0.5, 0.6) is 0 Å². The zero-order valence-corrected chi connectivity index (χ0v) is 15.9. The number of benzene rings is 1. The number of carbonyl (C=O) groups excluding carboxylic acids is 2. The van der Waals surface area contributed by atoms with Gasteiger partial charge in [0.1, 0.15) is 0 Å². The summed E-state index contributed by atoms with van der Waals surface area (Å²) in [5.41, 5.74) is 2.69. The van der Waals surface area contributed by atoms with Crippen LogP contribution >= 0.6 is 0 Å². The summed E-state index contributed by atoms with van der Waals surface area (Å²) in [6.07, 6.45) is 3.20. The van der Waals surface area contributed by atoms with Gasteiger partial charge in [-0.25, -0.2) is 4.79 Å². The number of nitrogens with zero attached hydrogens (tertiary/aromatic N) is 3. The highest BCUT2D eigenvalue weighted by Crippen LogP contribution is 2.14. The van der Waals surface area contributed by atoms with Crippen molar-refractivity contribution in [3.8, 4) is 0 Å². The Hall–Kier alpha value is -2.89. The molecule has 1 aromatic carbocycles. The number of pyridine rings is 1. The summed E-state index contributed by atoms with van der Waals surface area (Å²) in [5, 5.41) is 3.04. The second-order valence-corrected chi connectivity index (χ2v) is 7.03. The Morgan fingerprint density at radius 3 is 2.70 bits per heavy atom. The minimum absolute atomic E-state index is 0.0148. The third-order valence-corrected chi connectivity index (χ3v) is 4.89. The predicted octanol–water partition coefficient (Wildman–Crippen LogP) is 2.49. The van der Waals surface area contributed by atoms with Crippen LogP contribution in [0.1, 0.15) is 28.0 Å². The quantitative estimate of drug-likeness (QED) is 0.884. The van der Waals surface area contributed by atoms with Crippen LogP contribution in [-0.2, 0) is 6.42 Å². The van der Waals surface area contributed by atoms with Gasteiger partial charge in [-0.15, -0.1) is 0 Å². The van der Waals surface area contributed by atoms with Gasteiger partial charge in [0.05, 0.1) is 5.56 Å². The number of hydrogen-bond acceptors (Lipinski definition) is 3. The van der Waals surface area contributed by atoms with Crippen LogP contribution in [0, 0.1) is 6.92 Å². The molecule has 0 radical (unpaired) electrons. The molecule has 6 nitrogen and oxygen atoms in total. The lowest BCUT2D eigenvalue weighted by Gasteiger charge is -2.21. The molecule has 1 aromatic heterocycles. The Labute approximate surface area is 160 Å². The third-order valence-electron chi connectivity index (χ3n) is 4.89. The van der Waals surface area contributed by atoms with Gasteiger partial charge >= 0.3 is 6.03 Å². The van der Waals surface area contributed by atoms with Gasteiger partial charge < -0.3 is 15.1 Å². The fourth-order valence-corrected chi connectivity index (χ4v) is 3.17. The number of carbonyl (C=O) groups is 2. The largest absolute Gasteiger partial charge is 0.336 e. The second-order valence-electron chi connectivity index (χ2n) is 7.03. The Kier molecular flexibility index (Phi) is 6.06. The van der Waals surface area contributed by atoms with Crippen molar-refractivity contribution in [2.45, 2.75) is 25.8 Å². The molecule has 1 aliphatic heterocycles. The van der Waals surface area contributed by atoms with Crippen molar-refractivity contribution in [1.29, 1.82) is 0 Å². The zero-order valence-electron chi connectivity index (χ0n) is 15.9. The number of hydrogen-bond donors (Lipinski definition) is 1. The molecule has 142 valence electrons. The maximum absolute atomic E-state index is 12.5. The van der Waals surface area contributed by atoms with Gasteiger partial charge in [-0.3, -0.25) is 9.78 Å². The molecule has 0 aliphatic carbocycles. The molecular formula is C21H26N4O2. The molecule has 27 heavy (non-hydrogen) atoms. The Bertz CT molecular complexity index is 777. The number of amides is 3. The normalized spacial score (nSPS) is 16.2. The van der Waals surface area contributed by atoms with E-state index in [1.54, 1.807) is 29.1 Å². The van der Waals surface area contributed by atoms with Crippen LogP contribution in [0.3, 0.4) is 0 Å². The van der Waals surface area contributed by atoms with Gasteiger partial charge in [-0.1, -0.05) is 30.3 Å². The van der Waals surface area contributed by atoms with Gasteiger partial charge in [-0.2, -0.15) is 0 Å². The number of likely N-dealkylation sites (N-methyl/N-ethyl adjacent to an activating group) is 1. The van der Waals surface area contributed by atoms with Crippen LogP contribution in [-0.4, -0.2) is 59.4 Å². The molecule has 1 atom stereocenters. The monoisotopic (exact) mass is 366 g/mol. The highest BCUT2D eigenvalue weighted by Gasteiger charge is 2.28. The summed E-state index contributed by atoms with van der Waals surface area (Å²) in [6, 6.07) is 13.6. The molecule has 0 bridgehead atoms. The molecule has 3 amide bonds. The first-order valence-corrected chi connectivity index (χ1v) is 9.30. The van der Waals surface area contributed by atoms with Crippen LogP contribution in [0.25, 0.3) is 0 Å². The fraction of sp³-hybridized carbons (Fsp3) is 0.381. The number of nitrogens with one attached hydrogen (secondary N) is 1. The van der Waals surface area contributed by atoms with E-state index in [1.807, 2.05) is 31.2 Å². The van der Waals surface area contributed by atoms with E-state index in [2.05, 4.69) is 22.4 Å². The van der Waals surface area contributed by atoms with Crippen molar-refractivity contribution < 1.29 is 9.59 Å². The summed E-state index contributed by atoms with van der Waals surface area (Å²) in [5.74, 6) is -0.0309. The first-order valence-electron chi connectivity index (χ1n) is 9.30. The number of likely N-dealkylation sites (tertiary alicyclic amines) is 1. The average Bonchev–Trinajstić information content (AvgIpc) is 3.15. The predicted molar refractivity (Wildman–Crippen MR) is 105 cm³/mol. The summed E-state index contributed by atoms with van der Waals surface area (Å²) in [6.45, 7) is 3.72. The summed E-state index contributed by atoms with van der Waals surface area (Å²) >= 11 is 0. The van der Waals surface area contributed by atoms with Gasteiger partial charge in [-0.05, 0) is 37.5 Å². The van der Waals surface area contributed by atoms with Crippen molar-refractivity contribution in [2.24, 2.45) is 0 Å². The molecule has 1 saturated heterocycles. The molecule has 0 saturated carbocycles. The molecular weight excluding hydrogens is 340 g/mol. The van der Waals surface area contributed by atoms with E-state index in [4.69, 9.17) is 0 Å². The van der Waals surface area contributed by atoms with Crippen molar-refractivity contribution in [3.05, 3.63) is 65.5 Å². The molecule has 6 heteroatoms. The van der Waals surface area contributed by atoms with Gasteiger partial charge in [0.2, 0.25) is 0 Å². The third kappa shape index (κ3) is 5.06. The summed E-state index contributed by atoms with van der Waals surface area (Å²) < 4.78 is 0. The highest BCUT2D eigenvalue weighted by molar-refractivity contribution is 5.94. The van der Waals surface area contributed by atoms with E-state index in [-0.39, 0.29) is 18.0 Å². The lowest BCUT2D eigenvalue weighted by atomic mass is 10.1. The zero-order chi connectivity index (χ0) is 19.2. The lowest BCUT2D eigenvalue weighted by molar-refractivity contribution is 0.0788. The maximum atomic E-state index is 12.5. The van der Waals surface area contributed by atoms with Crippen molar-refractivity contribution in [1.82, 2.24) is 20.1 Å². The van der Waals surface area contributed by atoms with Gasteiger partial charge in [0, 0.05) is 44.6 Å². The Morgan fingerprint density at radius 2 is 2.00 bits per heavy atom. The van der Waals surface area contributed by atoms with E-state index in [1.165, 1.54) is 5.56 Å². The topological polar surface area (TPSA) is 65.5 Å². The highest BCUT2D eigenvalue weighted by atomic mass is 16.2. The minimum atomic E-state index is -0.0952. The molecule has 1 unspecified atom stereocenters. The molecule has 3 rings (SSSR count). The molecule has 1 aliphatic rings. The Morgan fingerprint density at radius 1 is 1.22 bits per heavy atom. The van der Waals surface area contributed by atoms with E-state index < -0.39 is 0 Å². The second kappa shape index (κ2) is 8.66. The number of urea groups is 1. The SMILES string of the molecule is Cc1ccc(C(=O)N2CCC(NC(=O)N(C)CCc3ccccc3)C2)cn1. The number of aryl methyl sites for hydroxylation is 1. The molecule has 0 spiro atoms. The van der Waals surface area contributed by atoms with Crippen LogP contribution in [0.2, 0.25) is 0 Å². The van der Waals surface area contributed by atoms with E-state index in [0.29, 0.717) is 25.2 Å². The van der Waals surface area contributed by atoms with Crippen LogP contribution in [0.4, 0.5) is 4.79 Å². The standard InChI is InChI=1S/C21H26N4O2/c1-16-8-9-18(14-22-16)20(26)25-13-11-19(15-25)23-21(27)24(2)12-10-17-6-4-3-5-7-17/h3-9,14,19H,10-13,15H2,1-2H3,(H,23,27). The van der Waals surface area contributed by atoms with Crippen molar-refractivity contribution in [2.75, 3.05) is 26.7 Å². The first kappa shape index (κ1) is 18.9.